The molecule has 172 valence electrons. The fourth-order valence-electron chi connectivity index (χ4n) is 3.09. The van der Waals surface area contributed by atoms with Gasteiger partial charge in [0, 0.05) is 24.3 Å². The molecule has 0 N–H and O–H groups in total. The van der Waals surface area contributed by atoms with Crippen LogP contribution in [0.25, 0.3) is 11.5 Å². The highest BCUT2D eigenvalue weighted by Gasteiger charge is 2.23. The Balaban J connectivity index is 1.73. The number of sulfonamides is 1. The van der Waals surface area contributed by atoms with Gasteiger partial charge < -0.3 is 4.42 Å². The molecule has 0 aliphatic rings. The fourth-order valence-corrected chi connectivity index (χ4v) is 5.23. The number of hydrogen-bond donors (Lipinski definition) is 0. The zero-order chi connectivity index (χ0) is 23.8. The van der Waals surface area contributed by atoms with Crippen molar-refractivity contribution < 1.29 is 17.6 Å². The van der Waals surface area contributed by atoms with E-state index in [1.807, 2.05) is 12.1 Å². The van der Waals surface area contributed by atoms with Crippen molar-refractivity contribution >= 4 is 33.4 Å². The third-order valence-corrected chi connectivity index (χ3v) is 7.60. The van der Waals surface area contributed by atoms with Crippen molar-refractivity contribution in [1.82, 2.24) is 14.5 Å². The highest BCUT2D eigenvalue weighted by Crippen LogP contribution is 2.27. The summed E-state index contributed by atoms with van der Waals surface area (Å²) in [6.07, 6.45) is 0. The number of para-hydroxylation sites is 1. The number of carbonyl (C=O) groups excluding carboxylic acids is 1. The van der Waals surface area contributed by atoms with Crippen LogP contribution in [-0.4, -0.2) is 54.2 Å². The molecular weight excluding hydrogens is 462 g/mol. The summed E-state index contributed by atoms with van der Waals surface area (Å²) in [5.41, 5.74) is 1.09. The number of anilines is 1. The normalized spacial score (nSPS) is 11.3. The van der Waals surface area contributed by atoms with Crippen molar-refractivity contribution in [3.63, 3.8) is 0 Å². The number of nitrogens with zero attached hydrogens (tertiary/aromatic N) is 5. The standard InChI is InChI=1S/C22H23N5O4S2/c1-3-26(4-2)33(29,30)19-12-8-9-17(15-19)21-24-25-22(31-21)32-16-20(28)27(14-13-23)18-10-6-5-7-11-18/h5-12,15H,3-4,14,16H2,1-2H3. The maximum absolute atomic E-state index is 12.8. The molecule has 9 nitrogen and oxygen atoms in total. The van der Waals surface area contributed by atoms with Gasteiger partial charge in [-0.05, 0) is 30.3 Å². The zero-order valence-corrected chi connectivity index (χ0v) is 19.8. The Morgan fingerprint density at radius 3 is 2.48 bits per heavy atom. The van der Waals surface area contributed by atoms with Crippen LogP contribution in [-0.2, 0) is 14.8 Å². The summed E-state index contributed by atoms with van der Waals surface area (Å²) >= 11 is 1.05. The zero-order valence-electron chi connectivity index (χ0n) is 18.2. The molecule has 0 aliphatic heterocycles. The van der Waals surface area contributed by atoms with Gasteiger partial charge in [0.2, 0.25) is 21.8 Å². The molecule has 33 heavy (non-hydrogen) atoms. The number of aromatic nitrogens is 2. The Morgan fingerprint density at radius 1 is 1.09 bits per heavy atom. The van der Waals surface area contributed by atoms with Crippen molar-refractivity contribution in [3.8, 4) is 17.5 Å². The molecule has 1 amide bonds. The number of hydrogen-bond acceptors (Lipinski definition) is 8. The third-order valence-electron chi connectivity index (χ3n) is 4.75. The summed E-state index contributed by atoms with van der Waals surface area (Å²) in [6, 6.07) is 17.2. The van der Waals surface area contributed by atoms with E-state index in [0.29, 0.717) is 24.3 Å². The molecule has 0 unspecified atom stereocenters. The van der Waals surface area contributed by atoms with Crippen LogP contribution in [0.3, 0.4) is 0 Å². The van der Waals surface area contributed by atoms with E-state index in [4.69, 9.17) is 9.68 Å². The SMILES string of the molecule is CCN(CC)S(=O)(=O)c1cccc(-c2nnc(SCC(=O)N(CC#N)c3ccccc3)o2)c1. The highest BCUT2D eigenvalue weighted by atomic mass is 32.2. The average molecular weight is 486 g/mol. The van der Waals surface area contributed by atoms with E-state index in [2.05, 4.69) is 10.2 Å². The van der Waals surface area contributed by atoms with Gasteiger partial charge in [-0.25, -0.2) is 8.42 Å². The summed E-state index contributed by atoms with van der Waals surface area (Å²) in [7, 11) is -3.63. The van der Waals surface area contributed by atoms with E-state index in [1.54, 1.807) is 50.2 Å². The molecule has 0 spiro atoms. The summed E-state index contributed by atoms with van der Waals surface area (Å²) in [5, 5.41) is 17.2. The Labute approximate surface area is 197 Å². The molecule has 3 rings (SSSR count). The van der Waals surface area contributed by atoms with Gasteiger partial charge in [0.05, 0.1) is 16.7 Å². The minimum absolute atomic E-state index is 0.00537. The molecule has 3 aromatic rings. The lowest BCUT2D eigenvalue weighted by atomic mass is 10.2. The molecule has 0 bridgehead atoms. The molecule has 0 saturated carbocycles. The number of carbonyl (C=O) groups is 1. The van der Waals surface area contributed by atoms with Gasteiger partial charge in [-0.2, -0.15) is 9.57 Å². The number of amides is 1. The van der Waals surface area contributed by atoms with Gasteiger partial charge in [-0.1, -0.05) is 49.9 Å². The van der Waals surface area contributed by atoms with E-state index >= 15 is 0 Å². The molecule has 0 atom stereocenters. The number of benzene rings is 2. The Morgan fingerprint density at radius 2 is 1.82 bits per heavy atom. The van der Waals surface area contributed by atoms with Crippen LogP contribution >= 0.6 is 11.8 Å². The second-order valence-corrected chi connectivity index (χ2v) is 9.62. The van der Waals surface area contributed by atoms with Crippen LogP contribution in [0.2, 0.25) is 0 Å². The first-order chi connectivity index (χ1) is 15.9. The predicted molar refractivity (Wildman–Crippen MR) is 125 cm³/mol. The molecule has 1 heterocycles. The van der Waals surface area contributed by atoms with Crippen molar-refractivity contribution in [2.75, 3.05) is 30.3 Å². The topological polar surface area (TPSA) is 120 Å². The van der Waals surface area contributed by atoms with E-state index in [0.717, 1.165) is 11.8 Å². The molecule has 11 heteroatoms. The Hall–Kier alpha value is -3.20. The monoisotopic (exact) mass is 485 g/mol. The van der Waals surface area contributed by atoms with Crippen LogP contribution in [0, 0.1) is 11.3 Å². The molecule has 0 radical (unpaired) electrons. The lowest BCUT2D eigenvalue weighted by molar-refractivity contribution is -0.116. The van der Waals surface area contributed by atoms with Crippen LogP contribution in [0.5, 0.6) is 0 Å². The van der Waals surface area contributed by atoms with Gasteiger partial charge in [0.25, 0.3) is 5.22 Å². The Kier molecular flexibility index (Phi) is 8.21. The highest BCUT2D eigenvalue weighted by molar-refractivity contribution is 7.99. The van der Waals surface area contributed by atoms with Crippen LogP contribution < -0.4 is 4.90 Å². The largest absolute Gasteiger partial charge is 0.411 e. The van der Waals surface area contributed by atoms with E-state index in [1.165, 1.54) is 21.3 Å². The van der Waals surface area contributed by atoms with Gasteiger partial charge in [-0.3, -0.25) is 9.69 Å². The van der Waals surface area contributed by atoms with Gasteiger partial charge in [-0.15, -0.1) is 10.2 Å². The first-order valence-electron chi connectivity index (χ1n) is 10.2. The minimum atomic E-state index is -3.63. The van der Waals surface area contributed by atoms with Crippen molar-refractivity contribution in [2.45, 2.75) is 24.0 Å². The molecule has 2 aromatic carbocycles. The third kappa shape index (κ3) is 5.78. The van der Waals surface area contributed by atoms with Crippen molar-refractivity contribution in [1.29, 1.82) is 5.26 Å². The lowest BCUT2D eigenvalue weighted by Crippen LogP contribution is -2.32. The number of rotatable bonds is 10. The summed E-state index contributed by atoms with van der Waals surface area (Å²) < 4.78 is 32.6. The quantitative estimate of drug-likeness (QED) is 0.316. The molecule has 1 aromatic heterocycles. The van der Waals surface area contributed by atoms with Gasteiger partial charge >= 0.3 is 0 Å². The van der Waals surface area contributed by atoms with Gasteiger partial charge in [0.1, 0.15) is 6.54 Å². The fraction of sp³-hybridized carbons (Fsp3) is 0.273. The summed E-state index contributed by atoms with van der Waals surface area (Å²) in [6.45, 7) is 4.22. The minimum Gasteiger partial charge on any atom is -0.411 e. The molecule has 0 aliphatic carbocycles. The van der Waals surface area contributed by atoms with Crippen molar-refractivity contribution in [2.24, 2.45) is 0 Å². The van der Waals surface area contributed by atoms with E-state index in [9.17, 15) is 13.2 Å². The molecule has 0 fully saturated rings. The van der Waals surface area contributed by atoms with Crippen LogP contribution in [0.4, 0.5) is 5.69 Å². The molecule has 0 saturated heterocycles. The smallest absolute Gasteiger partial charge is 0.277 e. The predicted octanol–water partition coefficient (Wildman–Crippen LogP) is 3.42. The maximum Gasteiger partial charge on any atom is 0.277 e. The van der Waals surface area contributed by atoms with Gasteiger partial charge in [0.15, 0.2) is 0 Å². The first-order valence-corrected chi connectivity index (χ1v) is 12.6. The first kappa shape index (κ1) is 24.4. The number of nitriles is 1. The van der Waals surface area contributed by atoms with Crippen molar-refractivity contribution in [3.05, 3.63) is 54.6 Å². The van der Waals surface area contributed by atoms with E-state index in [-0.39, 0.29) is 34.2 Å². The summed E-state index contributed by atoms with van der Waals surface area (Å²) in [4.78, 5) is 14.2. The lowest BCUT2D eigenvalue weighted by Gasteiger charge is -2.18. The average Bonchev–Trinajstić information content (AvgIpc) is 3.31. The second kappa shape index (κ2) is 11.1. The number of thioether (sulfide) groups is 1. The second-order valence-electron chi connectivity index (χ2n) is 6.75. The summed E-state index contributed by atoms with van der Waals surface area (Å²) in [5.74, 6) is -0.132. The maximum atomic E-state index is 12.8. The Bertz CT molecular complexity index is 1230. The van der Waals surface area contributed by atoms with Crippen LogP contribution in [0.1, 0.15) is 13.8 Å². The van der Waals surface area contributed by atoms with Crippen LogP contribution in [0.15, 0.2) is 69.1 Å². The van der Waals surface area contributed by atoms with E-state index < -0.39 is 10.0 Å². The molecular formula is C22H23N5O4S2.